The maximum Gasteiger partial charge on any atom is 0.410 e. The summed E-state index contributed by atoms with van der Waals surface area (Å²) in [4.78, 5) is 34.3. The van der Waals surface area contributed by atoms with Crippen molar-refractivity contribution in [2.24, 2.45) is 17.8 Å². The van der Waals surface area contributed by atoms with Crippen molar-refractivity contribution < 1.29 is 78.0 Å². The van der Waals surface area contributed by atoms with Crippen LogP contribution in [0.2, 0.25) is 0 Å². The number of fused-ring (bicyclic) bond motifs is 3. The van der Waals surface area contributed by atoms with E-state index in [0.717, 1.165) is 92.0 Å². The zero-order chi connectivity index (χ0) is 76.8. The Morgan fingerprint density at radius 1 is 0.486 bits per heavy atom. The fraction of sp³-hybridized carbons (Fsp3) is 0.493. The molecule has 0 radical (unpaired) electrons. The van der Waals surface area contributed by atoms with Crippen LogP contribution in [0.3, 0.4) is 0 Å². The van der Waals surface area contributed by atoms with Crippen molar-refractivity contribution in [2.75, 3.05) is 172 Å². The molecule has 27 nitrogen and oxygen atoms in total. The third-order valence-corrected chi connectivity index (χ3v) is 26.1. The number of piperazine rings is 3. The van der Waals surface area contributed by atoms with Crippen LogP contribution in [0.25, 0.3) is 33.8 Å². The maximum absolute atomic E-state index is 13.5. The monoisotopic (exact) mass is 1630 g/mol. The predicted octanol–water partition coefficient (Wildman–Crippen LogP) is 8.87. The molecule has 1 N–H and O–H groups in total. The number of aromatic nitrogens is 3. The number of halogens is 8. The van der Waals surface area contributed by atoms with Gasteiger partial charge in [0.05, 0.1) is 46.7 Å². The van der Waals surface area contributed by atoms with Crippen molar-refractivity contribution in [1.29, 1.82) is 0 Å². The van der Waals surface area contributed by atoms with Gasteiger partial charge >= 0.3 is 36.7 Å². The number of sulfonamides is 1. The third-order valence-electron chi connectivity index (χ3n) is 19.5. The largest absolute Gasteiger partial charge is 0.444 e. The quantitative estimate of drug-likeness (QED) is 0.0834. The van der Waals surface area contributed by atoms with Gasteiger partial charge in [0.15, 0.2) is 17.5 Å². The van der Waals surface area contributed by atoms with Gasteiger partial charge in [0.1, 0.15) is 5.60 Å². The molecule has 3 aromatic carbocycles. The first-order valence-corrected chi connectivity index (χ1v) is 42.7. The molecule has 1 amide bonds. The van der Waals surface area contributed by atoms with Crippen LogP contribution in [0.15, 0.2) is 109 Å². The Morgan fingerprint density at radius 2 is 0.757 bits per heavy atom. The summed E-state index contributed by atoms with van der Waals surface area (Å²) in [5.74, 6) is -10.6. The molecule has 584 valence electrons. The number of carbonyl (C=O) groups is 1. The van der Waals surface area contributed by atoms with Crippen LogP contribution < -0.4 is 45.8 Å². The number of benzene rings is 3. The van der Waals surface area contributed by atoms with Crippen LogP contribution in [0, 0.1) is 17.8 Å². The molecule has 6 fully saturated rings. The summed E-state index contributed by atoms with van der Waals surface area (Å²) in [6, 6.07) is 33.4. The smallest absolute Gasteiger partial charge is 0.410 e. The van der Waals surface area contributed by atoms with Gasteiger partial charge in [-0.25, -0.2) is 88.8 Å². The highest BCUT2D eigenvalue weighted by Gasteiger charge is 2.61. The number of nitrogens with one attached hydrogen (secondary N) is 1. The fourth-order valence-corrected chi connectivity index (χ4v) is 18.1. The van der Waals surface area contributed by atoms with E-state index in [0.29, 0.717) is 86.5 Å². The van der Waals surface area contributed by atoms with Crippen molar-refractivity contribution in [3.63, 3.8) is 0 Å². The zero-order valence-electron chi connectivity index (χ0n) is 59.6. The first-order chi connectivity index (χ1) is 49.4. The summed E-state index contributed by atoms with van der Waals surface area (Å²) in [5.41, 5.74) is 7.76. The minimum absolute atomic E-state index is 0. The minimum atomic E-state index is -3.95. The van der Waals surface area contributed by atoms with Crippen LogP contribution in [-0.4, -0.2) is 228 Å². The van der Waals surface area contributed by atoms with Gasteiger partial charge in [0, 0.05) is 201 Å². The summed E-state index contributed by atoms with van der Waals surface area (Å²) in [6.07, 6.45) is 0.953. The molecule has 107 heavy (non-hydrogen) atoms. The van der Waals surface area contributed by atoms with Crippen molar-refractivity contribution in [3.05, 3.63) is 109 Å². The van der Waals surface area contributed by atoms with Gasteiger partial charge < -0.3 is 29.7 Å². The molecule has 0 spiro atoms. The van der Waals surface area contributed by atoms with Crippen LogP contribution >= 0.6 is 23.1 Å². The van der Waals surface area contributed by atoms with E-state index in [-0.39, 0.29) is 74.9 Å². The number of amides is 1. The van der Waals surface area contributed by atoms with Crippen LogP contribution in [-0.2, 0) is 54.4 Å². The topological polar surface area (TPSA) is 283 Å². The molecule has 3 saturated carbocycles. The number of rotatable bonds is 13. The van der Waals surface area contributed by atoms with Crippen LogP contribution in [0.4, 0.5) is 82.7 Å². The average Bonchev–Trinajstić information content (AvgIpc) is 1.59. The first kappa shape index (κ1) is 80.4. The molecule has 3 unspecified atom stereocenters. The number of hydrogen-bond acceptors (Lipinski definition) is 19. The number of hydrogen-bond donors (Lipinski definition) is 1. The van der Waals surface area contributed by atoms with Crippen molar-refractivity contribution in [2.45, 2.75) is 63.4 Å². The Hall–Kier alpha value is -7.59. The van der Waals surface area contributed by atoms with E-state index in [1.807, 2.05) is 93.6 Å². The predicted molar refractivity (Wildman–Crippen MR) is 404 cm³/mol. The molecule has 3 aromatic heterocycles. The van der Waals surface area contributed by atoms with E-state index >= 15 is 0 Å². The SMILES string of the molecule is CN1c2nc(-c3ccc(N4CCN(C(=O)OC(C)(C)C)CC4)cc3)ccc2N(CC2CC2(F)F)S1(=O)=O.CN1c2nc(-c3ccc(N4CCN(S(C)(=O)=O)CC4)cc3)ccc2N(CC2CC2(F)F)S1(=O)=O.CN1c2nc(-c3ccc(N4CCNCC4)cc3)ccc2N(CC2CC2(F)F)S1(=O)=O.CS(=O)(=O)Cl.Cl. The van der Waals surface area contributed by atoms with E-state index in [1.165, 1.54) is 31.7 Å². The number of nitrogens with zero attached hydrogens (tertiary/aromatic N) is 14. The second-order valence-corrected chi connectivity index (χ2v) is 39.0. The van der Waals surface area contributed by atoms with Crippen molar-refractivity contribution in [3.8, 4) is 33.8 Å². The van der Waals surface area contributed by atoms with Gasteiger partial charge in [0.25, 0.3) is 17.8 Å². The highest BCUT2D eigenvalue weighted by atomic mass is 35.7. The third kappa shape index (κ3) is 17.7. The van der Waals surface area contributed by atoms with E-state index in [9.17, 15) is 73.2 Å². The van der Waals surface area contributed by atoms with Gasteiger partial charge in [-0.1, -0.05) is 36.4 Å². The summed E-state index contributed by atoms with van der Waals surface area (Å²) in [7, 11) is -9.51. The van der Waals surface area contributed by atoms with Gasteiger partial charge in [-0.15, -0.1) is 12.4 Å². The average molecular weight is 1640 g/mol. The molecule has 0 bridgehead atoms. The molecule has 6 aliphatic heterocycles. The molecule has 3 saturated heterocycles. The second kappa shape index (κ2) is 29.7. The summed E-state index contributed by atoms with van der Waals surface area (Å²) in [5, 5.41) is 3.33. The number of ether oxygens (including phenoxy) is 1. The van der Waals surface area contributed by atoms with E-state index in [2.05, 4.69) is 45.7 Å². The van der Waals surface area contributed by atoms with Crippen molar-refractivity contribution in [1.82, 2.24) is 29.5 Å². The molecule has 15 rings (SSSR count). The molecule has 6 aromatic rings. The number of alkyl halides is 6. The Morgan fingerprint density at radius 3 is 1.02 bits per heavy atom. The van der Waals surface area contributed by atoms with E-state index < -0.39 is 90.8 Å². The molecule has 9 heterocycles. The molecule has 9 aliphatic rings. The van der Waals surface area contributed by atoms with Crippen LogP contribution in [0.1, 0.15) is 40.0 Å². The molecule has 3 atom stereocenters. The van der Waals surface area contributed by atoms with Gasteiger partial charge in [-0.2, -0.15) is 29.6 Å². The summed E-state index contributed by atoms with van der Waals surface area (Å²) in [6.45, 7) is 13.1. The van der Waals surface area contributed by atoms with Gasteiger partial charge in [-0.05, 0) is 93.6 Å². The Balaban J connectivity index is 0.000000155. The van der Waals surface area contributed by atoms with E-state index in [1.54, 1.807) is 41.3 Å². The lowest BCUT2D eigenvalue weighted by molar-refractivity contribution is 0.0240. The highest BCUT2D eigenvalue weighted by molar-refractivity contribution is 8.13. The summed E-state index contributed by atoms with van der Waals surface area (Å²) < 4.78 is 213. The maximum atomic E-state index is 13.5. The zero-order valence-corrected chi connectivity index (χ0v) is 65.3. The van der Waals surface area contributed by atoms with E-state index in [4.69, 9.17) is 4.74 Å². The molecule has 40 heteroatoms. The normalized spacial score (nSPS) is 22.5. The standard InChI is InChI=1S/C25H31F2N5O4S.C21H25F2N5O4S2.C20H23F2N5O2S.CH3ClO2S.ClH/c1-24(2,3)36-23(33)31-13-11-30(12-14-31)19-7-5-17(6-8-19)20-9-10-21-22(28-20)29(4)37(34,35)32(21)16-18-15-25(18,26)27;1-25-20-19(28(34(25,31)32)14-16-13-21(16,22)23)8-7-18(24-20)15-3-5-17(6-4-15)26-9-11-27(12-10-26)33(2,29)30;1-25-19-18(27(30(25,28)29)13-15-12-20(15,21)22)7-6-17(24-19)14-2-4-16(5-3-14)26-10-8-23-9-11-26;1-5(2,3)4;/h5-10,18H,11-16H2,1-4H3;3-8,16H,9-14H2,1-2H3;2-7,15,23H,8-13H2,1H3;1H3;1H. The molecule has 3 aliphatic carbocycles. The highest BCUT2D eigenvalue weighted by Crippen LogP contribution is 2.54. The summed E-state index contributed by atoms with van der Waals surface area (Å²) >= 11 is 0. The Kier molecular flexibility index (Phi) is 22.3. The van der Waals surface area contributed by atoms with Crippen LogP contribution in [0.5, 0.6) is 0 Å². The Bertz CT molecular complexity index is 4910. The number of anilines is 9. The molecular weight excluding hydrogens is 1550 g/mol. The first-order valence-electron chi connectivity index (χ1n) is 34.0. The number of pyridine rings is 3. The van der Waals surface area contributed by atoms with Crippen molar-refractivity contribution >= 4 is 130 Å². The van der Waals surface area contributed by atoms with Gasteiger partial charge in [-0.3, -0.25) is 0 Å². The lowest BCUT2D eigenvalue weighted by atomic mass is 10.1. The Labute approximate surface area is 630 Å². The number of carbonyl (C=O) groups excluding carboxylic acids is 1. The molecular formula is C67H83Cl2F6N15O12S5. The van der Waals surface area contributed by atoms with Gasteiger partial charge in [0.2, 0.25) is 19.1 Å². The lowest BCUT2D eigenvalue weighted by Gasteiger charge is -2.36. The minimum Gasteiger partial charge on any atom is -0.444 e. The fourth-order valence-electron chi connectivity index (χ4n) is 13.0. The second-order valence-electron chi connectivity index (χ2n) is 28.3. The lowest BCUT2D eigenvalue weighted by Crippen LogP contribution is -2.50.